The number of allylic oxidation sites excluding steroid dienone is 1. The maximum Gasteiger partial charge on any atom is 0.161 e. The van der Waals surface area contributed by atoms with Crippen molar-refractivity contribution in [1.82, 2.24) is 0 Å². The summed E-state index contributed by atoms with van der Waals surface area (Å²) in [6.07, 6.45) is 1.69. The van der Waals surface area contributed by atoms with Crippen LogP contribution in [0, 0.1) is 17.1 Å². The normalized spacial score (nSPS) is 10.9. The summed E-state index contributed by atoms with van der Waals surface area (Å²) in [5.41, 5.74) is 2.63. The minimum absolute atomic E-state index is 0.101. The second kappa shape index (κ2) is 10.1. The standard InChI is InChI=1S/C25H20FNO4/c1-2-30-24-14-18(13-21(15-27)19-8-10-22(26)11-9-19)5-12-23(24)31-16-17-3-6-20(7-4-17)25(28)29/h3-14H,2,16H2,1H3,(H,28,29)/p-1/b21-13+. The van der Waals surface area contributed by atoms with E-state index in [-0.39, 0.29) is 18.0 Å². The van der Waals surface area contributed by atoms with Gasteiger partial charge in [-0.05, 0) is 59.5 Å². The third kappa shape index (κ3) is 5.71. The largest absolute Gasteiger partial charge is 0.545 e. The van der Waals surface area contributed by atoms with E-state index in [0.717, 1.165) is 11.1 Å². The summed E-state index contributed by atoms with van der Waals surface area (Å²) in [5.74, 6) is -0.565. The Hall–Kier alpha value is -4.11. The van der Waals surface area contributed by atoms with E-state index in [1.54, 1.807) is 48.5 Å². The van der Waals surface area contributed by atoms with E-state index in [2.05, 4.69) is 6.07 Å². The molecule has 3 aromatic rings. The molecule has 0 heterocycles. The highest BCUT2D eigenvalue weighted by Gasteiger charge is 2.08. The first-order chi connectivity index (χ1) is 15.0. The van der Waals surface area contributed by atoms with Crippen molar-refractivity contribution in [3.8, 4) is 17.6 Å². The molecule has 0 radical (unpaired) electrons. The molecule has 0 aliphatic carbocycles. The van der Waals surface area contributed by atoms with E-state index < -0.39 is 5.97 Å². The lowest BCUT2D eigenvalue weighted by molar-refractivity contribution is -0.255. The van der Waals surface area contributed by atoms with Crippen LogP contribution in [0.4, 0.5) is 4.39 Å². The summed E-state index contributed by atoms with van der Waals surface area (Å²) in [7, 11) is 0. The molecule has 0 fully saturated rings. The van der Waals surface area contributed by atoms with Crippen molar-refractivity contribution in [2.45, 2.75) is 13.5 Å². The summed E-state index contributed by atoms with van der Waals surface area (Å²) < 4.78 is 24.7. The van der Waals surface area contributed by atoms with Crippen molar-refractivity contribution in [3.05, 3.63) is 94.8 Å². The second-order valence-electron chi connectivity index (χ2n) is 6.59. The van der Waals surface area contributed by atoms with Gasteiger partial charge in [0, 0.05) is 0 Å². The Morgan fingerprint density at radius 3 is 2.29 bits per heavy atom. The number of aromatic carboxylic acids is 1. The zero-order valence-corrected chi connectivity index (χ0v) is 16.8. The summed E-state index contributed by atoms with van der Waals surface area (Å²) >= 11 is 0. The third-order valence-electron chi connectivity index (χ3n) is 4.44. The monoisotopic (exact) mass is 416 g/mol. The van der Waals surface area contributed by atoms with Crippen LogP contribution in [0.5, 0.6) is 11.5 Å². The zero-order chi connectivity index (χ0) is 22.2. The predicted molar refractivity (Wildman–Crippen MR) is 113 cm³/mol. The number of nitriles is 1. The molecule has 0 saturated heterocycles. The van der Waals surface area contributed by atoms with Crippen LogP contribution in [0.2, 0.25) is 0 Å². The van der Waals surface area contributed by atoms with Crippen LogP contribution in [0.15, 0.2) is 66.7 Å². The molecule has 0 aliphatic rings. The number of carbonyl (C=O) groups excluding carboxylic acids is 1. The van der Waals surface area contributed by atoms with Crippen molar-refractivity contribution in [3.63, 3.8) is 0 Å². The highest BCUT2D eigenvalue weighted by molar-refractivity contribution is 5.89. The number of benzene rings is 3. The summed E-state index contributed by atoms with van der Waals surface area (Å²) in [6.45, 7) is 2.50. The van der Waals surface area contributed by atoms with Gasteiger partial charge in [-0.25, -0.2) is 4.39 Å². The molecular weight excluding hydrogens is 397 g/mol. The lowest BCUT2D eigenvalue weighted by Gasteiger charge is -2.13. The Morgan fingerprint density at radius 2 is 1.68 bits per heavy atom. The fraction of sp³-hybridized carbons (Fsp3) is 0.120. The van der Waals surface area contributed by atoms with Gasteiger partial charge in [0.05, 0.1) is 24.2 Å². The topological polar surface area (TPSA) is 82.4 Å². The smallest absolute Gasteiger partial charge is 0.161 e. The summed E-state index contributed by atoms with van der Waals surface area (Å²) in [5, 5.41) is 20.3. The number of carboxylic acid groups (broad SMARTS) is 1. The molecule has 3 aromatic carbocycles. The Labute approximate surface area is 179 Å². The third-order valence-corrected chi connectivity index (χ3v) is 4.44. The molecule has 0 aromatic heterocycles. The maximum atomic E-state index is 13.2. The molecule has 31 heavy (non-hydrogen) atoms. The summed E-state index contributed by atoms with van der Waals surface area (Å²) in [6, 6.07) is 19.4. The number of hydrogen-bond acceptors (Lipinski definition) is 5. The SMILES string of the molecule is CCOc1cc(/C=C(\C#N)c2ccc(F)cc2)ccc1OCc1ccc(C(=O)[O-])cc1. The van der Waals surface area contributed by atoms with E-state index in [1.165, 1.54) is 24.3 Å². The number of hydrogen-bond donors (Lipinski definition) is 0. The average Bonchev–Trinajstić information content (AvgIpc) is 2.78. The van der Waals surface area contributed by atoms with Gasteiger partial charge in [-0.15, -0.1) is 0 Å². The van der Waals surface area contributed by atoms with Gasteiger partial charge >= 0.3 is 0 Å². The van der Waals surface area contributed by atoms with Crippen molar-refractivity contribution in [2.75, 3.05) is 6.61 Å². The average molecular weight is 416 g/mol. The second-order valence-corrected chi connectivity index (χ2v) is 6.59. The van der Waals surface area contributed by atoms with Gasteiger partial charge in [-0.3, -0.25) is 0 Å². The number of halogens is 1. The number of ether oxygens (including phenoxy) is 2. The van der Waals surface area contributed by atoms with Crippen molar-refractivity contribution < 1.29 is 23.8 Å². The molecule has 5 nitrogen and oxygen atoms in total. The van der Waals surface area contributed by atoms with E-state index in [9.17, 15) is 19.6 Å². The van der Waals surface area contributed by atoms with Gasteiger partial charge in [0.15, 0.2) is 11.5 Å². The van der Waals surface area contributed by atoms with E-state index in [1.807, 2.05) is 6.92 Å². The van der Waals surface area contributed by atoms with E-state index in [0.29, 0.717) is 29.2 Å². The molecule has 0 N–H and O–H groups in total. The van der Waals surface area contributed by atoms with Gasteiger partial charge in [0.1, 0.15) is 12.4 Å². The van der Waals surface area contributed by atoms with Gasteiger partial charge in [0.2, 0.25) is 0 Å². The van der Waals surface area contributed by atoms with E-state index in [4.69, 9.17) is 9.47 Å². The molecule has 0 spiro atoms. The lowest BCUT2D eigenvalue weighted by Crippen LogP contribution is -2.22. The predicted octanol–water partition coefficient (Wildman–Crippen LogP) is 4.23. The Balaban J connectivity index is 1.80. The molecule has 0 aliphatic heterocycles. The minimum atomic E-state index is -1.23. The molecule has 0 bridgehead atoms. The van der Waals surface area contributed by atoms with Crippen molar-refractivity contribution in [2.24, 2.45) is 0 Å². The molecular formula is C25H19FNO4-. The number of nitrogens with zero attached hydrogens (tertiary/aromatic N) is 1. The van der Waals surface area contributed by atoms with E-state index >= 15 is 0 Å². The van der Waals surface area contributed by atoms with Crippen LogP contribution in [-0.4, -0.2) is 12.6 Å². The first-order valence-corrected chi connectivity index (χ1v) is 9.58. The maximum absolute atomic E-state index is 13.2. The Bertz CT molecular complexity index is 1130. The number of rotatable bonds is 8. The van der Waals surface area contributed by atoms with Crippen LogP contribution in [0.25, 0.3) is 11.6 Å². The van der Waals surface area contributed by atoms with Crippen LogP contribution >= 0.6 is 0 Å². The Morgan fingerprint density at radius 1 is 1.00 bits per heavy atom. The van der Waals surface area contributed by atoms with Crippen LogP contribution in [0.3, 0.4) is 0 Å². The Kier molecular flexibility index (Phi) is 7.02. The quantitative estimate of drug-likeness (QED) is 0.405. The fourth-order valence-electron chi connectivity index (χ4n) is 2.88. The number of carbonyl (C=O) groups is 1. The molecule has 0 amide bonds. The molecule has 0 unspecified atom stereocenters. The van der Waals surface area contributed by atoms with Crippen molar-refractivity contribution in [1.29, 1.82) is 5.26 Å². The number of carboxylic acids is 1. The highest BCUT2D eigenvalue weighted by Crippen LogP contribution is 2.31. The molecule has 0 atom stereocenters. The van der Waals surface area contributed by atoms with Crippen LogP contribution < -0.4 is 14.6 Å². The fourth-order valence-corrected chi connectivity index (χ4v) is 2.88. The molecule has 6 heteroatoms. The molecule has 156 valence electrons. The lowest BCUT2D eigenvalue weighted by atomic mass is 10.0. The summed E-state index contributed by atoms with van der Waals surface area (Å²) in [4.78, 5) is 10.8. The zero-order valence-electron chi connectivity index (χ0n) is 16.8. The highest BCUT2D eigenvalue weighted by atomic mass is 19.1. The molecule has 0 saturated carbocycles. The van der Waals surface area contributed by atoms with Gasteiger partial charge in [-0.1, -0.05) is 42.5 Å². The van der Waals surface area contributed by atoms with Crippen LogP contribution in [0.1, 0.15) is 34.0 Å². The van der Waals surface area contributed by atoms with Crippen LogP contribution in [-0.2, 0) is 6.61 Å². The minimum Gasteiger partial charge on any atom is -0.545 e. The van der Waals surface area contributed by atoms with Gasteiger partial charge < -0.3 is 19.4 Å². The first kappa shape index (κ1) is 21.6. The van der Waals surface area contributed by atoms with Crippen molar-refractivity contribution >= 4 is 17.6 Å². The molecule has 3 rings (SSSR count). The van der Waals surface area contributed by atoms with Gasteiger partial charge in [-0.2, -0.15) is 5.26 Å². The van der Waals surface area contributed by atoms with Gasteiger partial charge in [0.25, 0.3) is 0 Å². The first-order valence-electron chi connectivity index (χ1n) is 9.58.